The van der Waals surface area contributed by atoms with Gasteiger partial charge in [0.15, 0.2) is 6.17 Å². The predicted molar refractivity (Wildman–Crippen MR) is 125 cm³/mol. The zero-order valence-corrected chi connectivity index (χ0v) is 19.4. The van der Waals surface area contributed by atoms with Gasteiger partial charge in [0.1, 0.15) is 23.3 Å². The number of aromatic hydroxyl groups is 1. The number of phenolic OH excluding ortho intramolecular Hbond substituents is 1. The van der Waals surface area contributed by atoms with Gasteiger partial charge in [0.25, 0.3) is 0 Å². The van der Waals surface area contributed by atoms with Crippen molar-refractivity contribution < 1.29 is 19.9 Å². The van der Waals surface area contributed by atoms with Crippen molar-refractivity contribution in [2.45, 2.75) is 12.2 Å². The standard InChI is InChI=1S/C24H22BrClN2O3/c1-30-17-7-3-14(4-8-17)20-13-21(18-12-16(26)6-9-22(18)29)28-24(27-20)19-11-15(25)5-10-23(19)31-2/h3-13,21,24,27-29H,1-2H3/p+1. The molecule has 160 valence electrons. The van der Waals surface area contributed by atoms with E-state index < -0.39 is 0 Å². The molecule has 3 aromatic carbocycles. The van der Waals surface area contributed by atoms with Crippen molar-refractivity contribution in [3.05, 3.63) is 92.9 Å². The molecule has 0 saturated carbocycles. The zero-order valence-electron chi connectivity index (χ0n) is 17.1. The minimum Gasteiger partial charge on any atom is -0.507 e. The fourth-order valence-corrected chi connectivity index (χ4v) is 4.33. The molecule has 1 heterocycles. The maximum atomic E-state index is 10.5. The summed E-state index contributed by atoms with van der Waals surface area (Å²) < 4.78 is 11.9. The Labute approximate surface area is 194 Å². The zero-order chi connectivity index (χ0) is 22.0. The van der Waals surface area contributed by atoms with E-state index in [9.17, 15) is 5.11 Å². The molecule has 4 N–H and O–H groups in total. The van der Waals surface area contributed by atoms with E-state index in [0.29, 0.717) is 5.02 Å². The molecular formula is C24H23BrClN2O3+. The second-order valence-corrected chi connectivity index (χ2v) is 8.59. The lowest BCUT2D eigenvalue weighted by atomic mass is 9.97. The van der Waals surface area contributed by atoms with Crippen molar-refractivity contribution in [3.63, 3.8) is 0 Å². The van der Waals surface area contributed by atoms with Crippen LogP contribution >= 0.6 is 27.5 Å². The van der Waals surface area contributed by atoms with E-state index >= 15 is 0 Å². The van der Waals surface area contributed by atoms with Crippen LogP contribution in [-0.2, 0) is 0 Å². The van der Waals surface area contributed by atoms with Crippen LogP contribution in [0.15, 0.2) is 71.2 Å². The number of hydrogen-bond acceptors (Lipinski definition) is 4. The van der Waals surface area contributed by atoms with Crippen molar-refractivity contribution in [2.24, 2.45) is 0 Å². The van der Waals surface area contributed by atoms with Gasteiger partial charge in [-0.2, -0.15) is 0 Å². The van der Waals surface area contributed by atoms with Gasteiger partial charge in [-0.15, -0.1) is 0 Å². The van der Waals surface area contributed by atoms with E-state index in [4.69, 9.17) is 21.1 Å². The Kier molecular flexibility index (Phi) is 6.41. The molecule has 7 heteroatoms. The quantitative estimate of drug-likeness (QED) is 0.470. The topological polar surface area (TPSA) is 67.3 Å². The number of benzene rings is 3. The van der Waals surface area contributed by atoms with Crippen LogP contribution in [0.4, 0.5) is 0 Å². The predicted octanol–water partition coefficient (Wildman–Crippen LogP) is 4.77. The normalized spacial score (nSPS) is 18.1. The van der Waals surface area contributed by atoms with Gasteiger partial charge in [0.2, 0.25) is 0 Å². The summed E-state index contributed by atoms with van der Waals surface area (Å²) in [6, 6.07) is 18.8. The Hall–Kier alpha value is -2.67. The molecule has 2 atom stereocenters. The van der Waals surface area contributed by atoms with Crippen molar-refractivity contribution >= 4 is 33.2 Å². The first-order valence-corrected chi connectivity index (χ1v) is 10.9. The highest BCUT2D eigenvalue weighted by atomic mass is 79.9. The molecule has 0 fully saturated rings. The molecule has 4 rings (SSSR count). The molecule has 1 aliphatic rings. The summed E-state index contributed by atoms with van der Waals surface area (Å²) in [4.78, 5) is 0. The van der Waals surface area contributed by atoms with Crippen LogP contribution < -0.4 is 20.1 Å². The number of nitrogens with two attached hydrogens (primary N) is 1. The van der Waals surface area contributed by atoms with E-state index in [1.807, 2.05) is 42.5 Å². The summed E-state index contributed by atoms with van der Waals surface area (Å²) in [7, 11) is 3.31. The average Bonchev–Trinajstić information content (AvgIpc) is 2.80. The second-order valence-electron chi connectivity index (χ2n) is 7.24. The van der Waals surface area contributed by atoms with Crippen LogP contribution in [0.25, 0.3) is 5.70 Å². The fraction of sp³-hybridized carbons (Fsp3) is 0.167. The van der Waals surface area contributed by atoms with Gasteiger partial charge in [0.05, 0.1) is 25.3 Å². The Bertz CT molecular complexity index is 1120. The van der Waals surface area contributed by atoms with Gasteiger partial charge in [-0.1, -0.05) is 27.5 Å². The Morgan fingerprint density at radius 1 is 0.968 bits per heavy atom. The fourth-order valence-electron chi connectivity index (χ4n) is 3.77. The lowest BCUT2D eigenvalue weighted by Crippen LogP contribution is -2.89. The van der Waals surface area contributed by atoms with Crippen LogP contribution in [0.2, 0.25) is 5.02 Å². The maximum absolute atomic E-state index is 10.5. The number of methoxy groups -OCH3 is 2. The molecule has 5 nitrogen and oxygen atoms in total. The number of halogens is 2. The Morgan fingerprint density at radius 3 is 2.45 bits per heavy atom. The number of phenols is 1. The molecule has 0 radical (unpaired) electrons. The van der Waals surface area contributed by atoms with E-state index in [2.05, 4.69) is 32.6 Å². The molecular weight excluding hydrogens is 480 g/mol. The van der Waals surface area contributed by atoms with Gasteiger partial charge in [-0.25, -0.2) is 0 Å². The second kappa shape index (κ2) is 9.22. The molecule has 0 aliphatic carbocycles. The highest BCUT2D eigenvalue weighted by Crippen LogP contribution is 2.34. The minimum atomic E-state index is -0.161. The van der Waals surface area contributed by atoms with Gasteiger partial charge in [-0.3, -0.25) is 0 Å². The Balaban J connectivity index is 1.80. The molecule has 1 aliphatic heterocycles. The van der Waals surface area contributed by atoms with Crippen molar-refractivity contribution in [2.75, 3.05) is 14.2 Å². The molecule has 0 spiro atoms. The van der Waals surface area contributed by atoms with Crippen LogP contribution in [0.1, 0.15) is 28.9 Å². The first-order valence-electron chi connectivity index (χ1n) is 9.78. The third kappa shape index (κ3) is 4.66. The SMILES string of the molecule is COc1ccc(C2=CC(c3cc(Cl)ccc3O)[NH2+]C(c3cc(Br)ccc3OC)N2)cc1. The summed E-state index contributed by atoms with van der Waals surface area (Å²) in [6.07, 6.45) is 1.94. The van der Waals surface area contributed by atoms with Crippen LogP contribution in [0, 0.1) is 0 Å². The van der Waals surface area contributed by atoms with Crippen molar-refractivity contribution in [1.82, 2.24) is 5.32 Å². The average molecular weight is 503 g/mol. The lowest BCUT2D eigenvalue weighted by Gasteiger charge is -2.31. The summed E-state index contributed by atoms with van der Waals surface area (Å²) in [6.45, 7) is 0. The molecule has 0 bridgehead atoms. The molecule has 0 amide bonds. The number of ether oxygens (including phenoxy) is 2. The summed E-state index contributed by atoms with van der Waals surface area (Å²) >= 11 is 9.81. The van der Waals surface area contributed by atoms with Crippen LogP contribution in [0.5, 0.6) is 17.2 Å². The molecule has 3 aromatic rings. The highest BCUT2D eigenvalue weighted by molar-refractivity contribution is 9.10. The molecule has 0 aromatic heterocycles. The number of hydrogen-bond donors (Lipinski definition) is 3. The van der Waals surface area contributed by atoms with Gasteiger partial charge < -0.3 is 25.2 Å². The van der Waals surface area contributed by atoms with Gasteiger partial charge in [-0.05, 0) is 66.2 Å². The first kappa shape index (κ1) is 21.6. The maximum Gasteiger partial charge on any atom is 0.190 e. The van der Waals surface area contributed by atoms with Crippen molar-refractivity contribution in [3.8, 4) is 17.2 Å². The van der Waals surface area contributed by atoms with E-state index in [0.717, 1.165) is 38.4 Å². The Morgan fingerprint density at radius 2 is 1.74 bits per heavy atom. The third-order valence-corrected chi connectivity index (χ3v) is 6.06. The van der Waals surface area contributed by atoms with Crippen LogP contribution in [-0.4, -0.2) is 19.3 Å². The monoisotopic (exact) mass is 501 g/mol. The van der Waals surface area contributed by atoms with E-state index in [1.165, 1.54) is 0 Å². The first-order chi connectivity index (χ1) is 15.0. The molecule has 31 heavy (non-hydrogen) atoms. The lowest BCUT2D eigenvalue weighted by molar-refractivity contribution is -0.731. The van der Waals surface area contributed by atoms with Crippen LogP contribution in [0.3, 0.4) is 0 Å². The third-order valence-electron chi connectivity index (χ3n) is 5.33. The number of rotatable bonds is 5. The highest BCUT2D eigenvalue weighted by Gasteiger charge is 2.31. The van der Waals surface area contributed by atoms with Gasteiger partial charge in [0, 0.05) is 21.3 Å². The van der Waals surface area contributed by atoms with Crippen molar-refractivity contribution in [1.29, 1.82) is 0 Å². The summed E-state index contributed by atoms with van der Waals surface area (Å²) in [5.74, 6) is 1.78. The number of nitrogens with one attached hydrogen (secondary N) is 1. The minimum absolute atomic E-state index is 0.155. The summed E-state index contributed by atoms with van der Waals surface area (Å²) in [5, 5.41) is 16.9. The smallest absolute Gasteiger partial charge is 0.190 e. The number of quaternary nitrogens is 1. The van der Waals surface area contributed by atoms with E-state index in [-0.39, 0.29) is 18.0 Å². The summed E-state index contributed by atoms with van der Waals surface area (Å²) in [5.41, 5.74) is 3.70. The molecule has 2 unspecified atom stereocenters. The van der Waals surface area contributed by atoms with E-state index in [1.54, 1.807) is 32.4 Å². The molecule has 0 saturated heterocycles. The largest absolute Gasteiger partial charge is 0.507 e. The van der Waals surface area contributed by atoms with Gasteiger partial charge >= 0.3 is 0 Å².